The average Bonchev–Trinajstić information content (AvgIpc) is 3.03. The van der Waals surface area contributed by atoms with Gasteiger partial charge in [-0.05, 0) is 65.8 Å². The van der Waals surface area contributed by atoms with E-state index < -0.39 is 17.8 Å². The van der Waals surface area contributed by atoms with Gasteiger partial charge in [0.05, 0.1) is 37.7 Å². The highest BCUT2D eigenvalue weighted by molar-refractivity contribution is 6.31. The molecule has 0 amide bonds. The summed E-state index contributed by atoms with van der Waals surface area (Å²) >= 11 is 6.17. The van der Waals surface area contributed by atoms with Crippen LogP contribution in [0.1, 0.15) is 28.4 Å². The molecule has 2 aromatic rings. The van der Waals surface area contributed by atoms with Gasteiger partial charge in [0.2, 0.25) is 0 Å². The van der Waals surface area contributed by atoms with Crippen LogP contribution >= 0.6 is 11.6 Å². The number of alkyl halides is 3. The minimum Gasteiger partial charge on any atom is -0.495 e. The van der Waals surface area contributed by atoms with E-state index in [0.29, 0.717) is 30.9 Å². The zero-order valence-electron chi connectivity index (χ0n) is 16.5. The molecule has 162 valence electrons. The van der Waals surface area contributed by atoms with Gasteiger partial charge in [-0.15, -0.1) is 0 Å². The smallest absolute Gasteiger partial charge is 0.416 e. The first kappa shape index (κ1) is 21.3. The topological polar surface area (TPSA) is 41.9 Å². The summed E-state index contributed by atoms with van der Waals surface area (Å²) in [5.41, 5.74) is 2.35. The van der Waals surface area contributed by atoms with Crippen molar-refractivity contribution >= 4 is 17.3 Å². The molecule has 1 saturated heterocycles. The van der Waals surface area contributed by atoms with Gasteiger partial charge in [-0.1, -0.05) is 11.6 Å². The number of hydrogen-bond donors (Lipinski definition) is 1. The number of anilines is 1. The summed E-state index contributed by atoms with van der Waals surface area (Å²) in [7, 11) is 1.59. The maximum atomic E-state index is 13.1. The van der Waals surface area contributed by atoms with E-state index in [1.807, 2.05) is 12.1 Å². The molecule has 0 saturated carbocycles. The fourth-order valence-electron chi connectivity index (χ4n) is 4.32. The Labute approximate surface area is 178 Å². The first-order valence-corrected chi connectivity index (χ1v) is 10.2. The van der Waals surface area contributed by atoms with Gasteiger partial charge in [0.15, 0.2) is 0 Å². The van der Waals surface area contributed by atoms with Crippen LogP contribution in [0.3, 0.4) is 0 Å². The summed E-state index contributed by atoms with van der Waals surface area (Å²) in [5, 5.41) is 11.2. The Balaban J connectivity index is 1.60. The van der Waals surface area contributed by atoms with Crippen molar-refractivity contribution in [1.82, 2.24) is 0 Å². The second-order valence-electron chi connectivity index (χ2n) is 7.74. The highest BCUT2D eigenvalue weighted by atomic mass is 35.5. The molecule has 4 rings (SSSR count). The van der Waals surface area contributed by atoms with Gasteiger partial charge in [0, 0.05) is 18.1 Å². The van der Waals surface area contributed by atoms with Crippen molar-refractivity contribution in [3.8, 4) is 5.75 Å². The Morgan fingerprint density at radius 2 is 1.93 bits per heavy atom. The molecule has 2 atom stereocenters. The van der Waals surface area contributed by atoms with Gasteiger partial charge in [-0.2, -0.15) is 13.2 Å². The first-order chi connectivity index (χ1) is 14.3. The molecule has 1 N–H and O–H groups in total. The molecule has 0 radical (unpaired) electrons. The lowest BCUT2D eigenvalue weighted by molar-refractivity contribution is -0.137. The number of methoxy groups -OCH3 is 1. The third kappa shape index (κ3) is 4.11. The van der Waals surface area contributed by atoms with E-state index in [1.165, 1.54) is 6.07 Å². The van der Waals surface area contributed by atoms with E-state index in [-0.39, 0.29) is 17.4 Å². The lowest BCUT2D eigenvalue weighted by Crippen LogP contribution is -2.36. The lowest BCUT2D eigenvalue weighted by atomic mass is 9.93. The zero-order chi connectivity index (χ0) is 21.5. The van der Waals surface area contributed by atoms with Crippen LogP contribution in [0.25, 0.3) is 0 Å². The van der Waals surface area contributed by atoms with Gasteiger partial charge < -0.3 is 19.5 Å². The number of halogens is 4. The molecule has 1 heterocycles. The standard InChI is InChI=1S/C22H23ClF3NO3/c1-29-20-12-17-13(11-19(20)27-4-6-30-7-5-27)8-15(21(17)28)9-14-10-16(22(24,25)26)2-3-18(14)23/h2-3,10-12,15,21,28H,4-9H2,1H3. The predicted octanol–water partition coefficient (Wildman–Crippen LogP) is 4.65. The summed E-state index contributed by atoms with van der Waals surface area (Å²) in [4.78, 5) is 2.19. The van der Waals surface area contributed by atoms with Crippen LogP contribution in [0.5, 0.6) is 5.75 Å². The molecule has 1 aliphatic carbocycles. The quantitative estimate of drug-likeness (QED) is 0.749. The van der Waals surface area contributed by atoms with E-state index in [4.69, 9.17) is 21.1 Å². The second-order valence-corrected chi connectivity index (χ2v) is 8.15. The summed E-state index contributed by atoms with van der Waals surface area (Å²) in [5.74, 6) is 0.415. The Morgan fingerprint density at radius 3 is 2.60 bits per heavy atom. The maximum Gasteiger partial charge on any atom is 0.416 e. The van der Waals surface area contributed by atoms with Crippen LogP contribution in [0, 0.1) is 5.92 Å². The normalized spacial score (nSPS) is 21.6. The number of ether oxygens (including phenoxy) is 2. The average molecular weight is 442 g/mol. The largest absolute Gasteiger partial charge is 0.495 e. The van der Waals surface area contributed by atoms with Crippen LogP contribution < -0.4 is 9.64 Å². The number of benzene rings is 2. The molecule has 4 nitrogen and oxygen atoms in total. The monoisotopic (exact) mass is 441 g/mol. The van der Waals surface area contributed by atoms with Crippen molar-refractivity contribution in [1.29, 1.82) is 0 Å². The zero-order valence-corrected chi connectivity index (χ0v) is 17.3. The van der Waals surface area contributed by atoms with E-state index in [0.717, 1.165) is 42.0 Å². The van der Waals surface area contributed by atoms with Gasteiger partial charge in [-0.25, -0.2) is 0 Å². The Hall–Kier alpha value is -1.96. The van der Waals surface area contributed by atoms with Crippen molar-refractivity contribution in [2.45, 2.75) is 25.1 Å². The summed E-state index contributed by atoms with van der Waals surface area (Å²) in [6.45, 7) is 2.78. The third-order valence-electron chi connectivity index (χ3n) is 5.89. The van der Waals surface area contributed by atoms with Crippen LogP contribution in [0.2, 0.25) is 5.02 Å². The fraction of sp³-hybridized carbons (Fsp3) is 0.455. The molecule has 8 heteroatoms. The number of hydrogen-bond acceptors (Lipinski definition) is 4. The number of morpholine rings is 1. The van der Waals surface area contributed by atoms with Crippen molar-refractivity contribution in [2.24, 2.45) is 5.92 Å². The summed E-state index contributed by atoms with van der Waals surface area (Å²) in [6, 6.07) is 7.20. The van der Waals surface area contributed by atoms with Gasteiger partial charge in [0.1, 0.15) is 5.75 Å². The minimum absolute atomic E-state index is 0.258. The Morgan fingerprint density at radius 1 is 1.20 bits per heavy atom. The highest BCUT2D eigenvalue weighted by Crippen LogP contribution is 2.44. The fourth-order valence-corrected chi connectivity index (χ4v) is 4.51. The predicted molar refractivity (Wildman–Crippen MR) is 108 cm³/mol. The maximum absolute atomic E-state index is 13.1. The third-order valence-corrected chi connectivity index (χ3v) is 6.26. The number of fused-ring (bicyclic) bond motifs is 1. The minimum atomic E-state index is -4.43. The number of aliphatic hydroxyl groups is 1. The molecule has 0 bridgehead atoms. The molecule has 2 aromatic carbocycles. The Kier molecular flexibility index (Phi) is 5.88. The Bertz CT molecular complexity index is 929. The molecular weight excluding hydrogens is 419 g/mol. The van der Waals surface area contributed by atoms with Crippen LogP contribution in [0.15, 0.2) is 30.3 Å². The lowest BCUT2D eigenvalue weighted by Gasteiger charge is -2.30. The molecule has 0 aromatic heterocycles. The van der Waals surface area contributed by atoms with Gasteiger partial charge >= 0.3 is 6.18 Å². The molecule has 30 heavy (non-hydrogen) atoms. The van der Waals surface area contributed by atoms with Crippen molar-refractivity contribution in [2.75, 3.05) is 38.3 Å². The second kappa shape index (κ2) is 8.29. The number of aliphatic hydroxyl groups excluding tert-OH is 1. The van der Waals surface area contributed by atoms with Gasteiger partial charge in [0.25, 0.3) is 0 Å². The van der Waals surface area contributed by atoms with Gasteiger partial charge in [-0.3, -0.25) is 0 Å². The van der Waals surface area contributed by atoms with Crippen LogP contribution in [-0.2, 0) is 23.8 Å². The SMILES string of the molecule is COc1cc2c(cc1N1CCOCC1)CC(Cc1cc(C(F)(F)F)ccc1Cl)C2O. The molecular formula is C22H23ClF3NO3. The van der Waals surface area contributed by atoms with Crippen molar-refractivity contribution in [3.05, 3.63) is 57.6 Å². The molecule has 1 aliphatic heterocycles. The molecule has 1 fully saturated rings. The first-order valence-electron chi connectivity index (χ1n) is 9.85. The van der Waals surface area contributed by atoms with E-state index in [9.17, 15) is 18.3 Å². The molecule has 0 spiro atoms. The van der Waals surface area contributed by atoms with Crippen molar-refractivity contribution < 1.29 is 27.8 Å². The van der Waals surface area contributed by atoms with Crippen LogP contribution in [0.4, 0.5) is 18.9 Å². The summed E-state index contributed by atoms with van der Waals surface area (Å²) in [6.07, 6.45) is -4.41. The number of rotatable bonds is 4. The van der Waals surface area contributed by atoms with E-state index in [1.54, 1.807) is 7.11 Å². The molecule has 2 aliphatic rings. The van der Waals surface area contributed by atoms with Crippen molar-refractivity contribution in [3.63, 3.8) is 0 Å². The van der Waals surface area contributed by atoms with E-state index in [2.05, 4.69) is 4.90 Å². The van der Waals surface area contributed by atoms with Crippen LogP contribution in [-0.4, -0.2) is 38.5 Å². The summed E-state index contributed by atoms with van der Waals surface area (Å²) < 4.78 is 50.2. The van der Waals surface area contributed by atoms with E-state index >= 15 is 0 Å². The highest BCUT2D eigenvalue weighted by Gasteiger charge is 2.35. The number of nitrogens with zero attached hydrogens (tertiary/aromatic N) is 1. The molecule has 2 unspecified atom stereocenters.